The molecule has 1 aromatic carbocycles. The monoisotopic (exact) mass is 548 g/mol. The summed E-state index contributed by atoms with van der Waals surface area (Å²) in [6, 6.07) is 6.85. The fourth-order valence-electron chi connectivity index (χ4n) is 4.67. The molecule has 0 radical (unpaired) electrons. The van der Waals surface area contributed by atoms with Gasteiger partial charge in [-0.2, -0.15) is 13.2 Å². The zero-order chi connectivity index (χ0) is 28.5. The molecule has 1 aliphatic carbocycles. The molecule has 1 aromatic rings. The van der Waals surface area contributed by atoms with Gasteiger partial charge in [0.25, 0.3) is 5.92 Å². The van der Waals surface area contributed by atoms with Crippen molar-refractivity contribution in [3.8, 4) is 5.75 Å². The van der Waals surface area contributed by atoms with Crippen LogP contribution in [0.15, 0.2) is 24.3 Å². The maximum absolute atomic E-state index is 14.5. The Morgan fingerprint density at radius 2 is 1.84 bits per heavy atom. The van der Waals surface area contributed by atoms with E-state index in [-0.39, 0.29) is 30.9 Å². The van der Waals surface area contributed by atoms with E-state index < -0.39 is 41.4 Å². The number of fused-ring (bicyclic) bond motifs is 1. The number of carbonyl (C=O) groups excluding carboxylic acids is 2. The van der Waals surface area contributed by atoms with Crippen LogP contribution in [0.1, 0.15) is 51.1 Å². The summed E-state index contributed by atoms with van der Waals surface area (Å²) < 4.78 is 66.4. The van der Waals surface area contributed by atoms with Crippen LogP contribution in [0, 0.1) is 17.2 Å². The summed E-state index contributed by atoms with van der Waals surface area (Å²) in [6.07, 6.45) is -3.12. The summed E-state index contributed by atoms with van der Waals surface area (Å²) in [6.45, 7) is 3.91. The van der Waals surface area contributed by atoms with Gasteiger partial charge in [0.2, 0.25) is 11.8 Å². The van der Waals surface area contributed by atoms with Gasteiger partial charge < -0.3 is 20.5 Å². The first kappa shape index (κ1) is 29.1. The number of hydrogen-bond acceptors (Lipinski definition) is 5. The van der Waals surface area contributed by atoms with Gasteiger partial charge in [-0.25, -0.2) is 13.6 Å². The lowest BCUT2D eigenvalue weighted by Gasteiger charge is -2.42. The van der Waals surface area contributed by atoms with Crippen LogP contribution < -0.4 is 15.4 Å². The highest BCUT2D eigenvalue weighted by atomic mass is 19.4. The highest BCUT2D eigenvalue weighted by molar-refractivity contribution is 5.99. The summed E-state index contributed by atoms with van der Waals surface area (Å²) in [5.74, 6) is -9.37. The van der Waals surface area contributed by atoms with Crippen molar-refractivity contribution in [1.82, 2.24) is 15.5 Å². The lowest BCUT2D eigenvalue weighted by Crippen LogP contribution is -2.62. The fraction of sp³-hybridized carbons (Fsp3) is 0.583. The van der Waals surface area contributed by atoms with Crippen molar-refractivity contribution in [1.29, 1.82) is 5.41 Å². The molecular weight excluding hydrogens is 519 g/mol. The van der Waals surface area contributed by atoms with Crippen LogP contribution in [0.5, 0.6) is 5.75 Å². The van der Waals surface area contributed by atoms with Crippen LogP contribution in [0.4, 0.5) is 22.0 Å². The fourth-order valence-corrected chi connectivity index (χ4v) is 4.67. The SMILES string of the molecule is CCC1(CC)CC(=O)N(CC2C(C(=O)N[C@@H]3CCOc4ccccc43)C2(F)F)C(=N)N1.O=C(O)C(F)(F)F. The van der Waals surface area contributed by atoms with Crippen molar-refractivity contribution in [2.24, 2.45) is 11.8 Å². The predicted molar refractivity (Wildman–Crippen MR) is 124 cm³/mol. The number of para-hydroxylation sites is 1. The third-order valence-electron chi connectivity index (χ3n) is 7.18. The van der Waals surface area contributed by atoms with E-state index in [1.165, 1.54) is 0 Å². The van der Waals surface area contributed by atoms with E-state index >= 15 is 0 Å². The molecule has 210 valence electrons. The number of nitrogens with zero attached hydrogens (tertiary/aromatic N) is 1. The molecule has 0 spiro atoms. The number of hydrogen-bond donors (Lipinski definition) is 4. The summed E-state index contributed by atoms with van der Waals surface area (Å²) in [7, 11) is 0. The lowest BCUT2D eigenvalue weighted by molar-refractivity contribution is -0.192. The molecule has 38 heavy (non-hydrogen) atoms. The van der Waals surface area contributed by atoms with E-state index in [9.17, 15) is 31.5 Å². The number of nitrogens with one attached hydrogen (secondary N) is 3. The Morgan fingerprint density at radius 3 is 2.39 bits per heavy atom. The topological polar surface area (TPSA) is 132 Å². The van der Waals surface area contributed by atoms with Crippen molar-refractivity contribution < 1.29 is 46.2 Å². The van der Waals surface area contributed by atoms with Crippen molar-refractivity contribution in [3.05, 3.63) is 29.8 Å². The summed E-state index contributed by atoms with van der Waals surface area (Å²) in [5, 5.41) is 21.1. The normalized spacial score (nSPS) is 25.1. The zero-order valence-electron chi connectivity index (χ0n) is 20.7. The first-order valence-corrected chi connectivity index (χ1v) is 12.0. The molecule has 4 rings (SSSR count). The Labute approximate surface area is 215 Å². The van der Waals surface area contributed by atoms with Crippen molar-refractivity contribution >= 4 is 23.7 Å². The third kappa shape index (κ3) is 5.99. The van der Waals surface area contributed by atoms with Gasteiger partial charge in [0.15, 0.2) is 5.96 Å². The van der Waals surface area contributed by atoms with Crippen molar-refractivity contribution in [3.63, 3.8) is 0 Å². The average molecular weight is 549 g/mol. The number of ether oxygens (including phenoxy) is 1. The minimum Gasteiger partial charge on any atom is -0.493 e. The van der Waals surface area contributed by atoms with Crippen LogP contribution in [0.2, 0.25) is 0 Å². The largest absolute Gasteiger partial charge is 0.493 e. The molecule has 0 aromatic heterocycles. The second-order valence-corrected chi connectivity index (χ2v) is 9.44. The maximum atomic E-state index is 14.5. The summed E-state index contributed by atoms with van der Waals surface area (Å²) in [4.78, 5) is 35.3. The number of guanidine groups is 1. The van der Waals surface area contributed by atoms with E-state index in [0.29, 0.717) is 31.6 Å². The molecule has 2 unspecified atom stereocenters. The van der Waals surface area contributed by atoms with Gasteiger partial charge in [0, 0.05) is 24.1 Å². The Kier molecular flexibility index (Phi) is 8.22. The molecule has 1 saturated heterocycles. The van der Waals surface area contributed by atoms with Gasteiger partial charge in [0.1, 0.15) is 11.7 Å². The van der Waals surface area contributed by atoms with Gasteiger partial charge in [-0.1, -0.05) is 32.0 Å². The Balaban J connectivity index is 0.000000505. The molecule has 3 atom stereocenters. The minimum absolute atomic E-state index is 0.149. The number of halogens is 5. The number of benzene rings is 1. The molecular formula is C24H29F5N4O5. The molecule has 4 N–H and O–H groups in total. The van der Waals surface area contributed by atoms with Crippen LogP contribution in [-0.4, -0.2) is 64.5 Å². The smallest absolute Gasteiger partial charge is 0.490 e. The van der Waals surface area contributed by atoms with E-state index in [1.807, 2.05) is 32.0 Å². The number of alkyl halides is 5. The van der Waals surface area contributed by atoms with Gasteiger partial charge in [-0.15, -0.1) is 0 Å². The van der Waals surface area contributed by atoms with Crippen molar-refractivity contribution in [2.45, 2.75) is 63.2 Å². The molecule has 2 fully saturated rings. The number of rotatable bonds is 6. The van der Waals surface area contributed by atoms with E-state index in [1.54, 1.807) is 6.07 Å². The highest BCUT2D eigenvalue weighted by Gasteiger charge is 2.72. The van der Waals surface area contributed by atoms with Crippen molar-refractivity contribution in [2.75, 3.05) is 13.2 Å². The highest BCUT2D eigenvalue weighted by Crippen LogP contribution is 2.56. The molecule has 1 saturated carbocycles. The number of carboxylic acids is 1. The van der Waals surface area contributed by atoms with Crippen LogP contribution in [0.3, 0.4) is 0 Å². The maximum Gasteiger partial charge on any atom is 0.490 e. The number of amides is 2. The first-order valence-electron chi connectivity index (χ1n) is 12.0. The molecule has 2 amide bonds. The van der Waals surface area contributed by atoms with Gasteiger partial charge in [-0.3, -0.25) is 19.9 Å². The Bertz CT molecular complexity index is 1070. The second kappa shape index (κ2) is 10.7. The number of carboxylic acid groups (broad SMARTS) is 1. The average Bonchev–Trinajstić information content (AvgIpc) is 3.40. The van der Waals surface area contributed by atoms with E-state index in [4.69, 9.17) is 20.0 Å². The summed E-state index contributed by atoms with van der Waals surface area (Å²) >= 11 is 0. The molecule has 2 aliphatic heterocycles. The molecule has 0 bridgehead atoms. The lowest BCUT2D eigenvalue weighted by atomic mass is 9.87. The van der Waals surface area contributed by atoms with Crippen LogP contribution >= 0.6 is 0 Å². The quantitative estimate of drug-likeness (QED) is 0.403. The van der Waals surface area contributed by atoms with Crippen LogP contribution in [-0.2, 0) is 14.4 Å². The first-order chi connectivity index (χ1) is 17.7. The number of carbonyl (C=O) groups is 3. The second-order valence-electron chi connectivity index (χ2n) is 9.44. The van der Waals surface area contributed by atoms with E-state index in [0.717, 1.165) is 10.5 Å². The third-order valence-corrected chi connectivity index (χ3v) is 7.18. The number of aliphatic carboxylic acids is 1. The standard InChI is InChI=1S/C22H28F2N4O3.C2HF3O2/c1-3-21(4-2)11-17(29)28(20(25)27-21)12-14-18(22(14,23)24)19(30)26-15-9-10-31-16-8-6-5-7-13(15)16;3-2(4,5)1(6)7/h5-8,14-15,18H,3-4,9-12H2,1-2H3,(H2,25,27)(H,26,30);(H,6,7)/t14?,15-,18?;/m1./s1. The van der Waals surface area contributed by atoms with E-state index in [2.05, 4.69) is 10.6 Å². The molecule has 14 heteroatoms. The predicted octanol–water partition coefficient (Wildman–Crippen LogP) is 3.46. The molecule has 3 aliphatic rings. The van der Waals surface area contributed by atoms with Gasteiger partial charge in [-0.05, 0) is 18.9 Å². The van der Waals surface area contributed by atoms with Crippen LogP contribution in [0.25, 0.3) is 0 Å². The molecule has 9 nitrogen and oxygen atoms in total. The minimum atomic E-state index is -5.08. The van der Waals surface area contributed by atoms with Gasteiger partial charge in [0.05, 0.1) is 25.0 Å². The Hall–Kier alpha value is -3.45. The molecule has 2 heterocycles. The summed E-state index contributed by atoms with van der Waals surface area (Å²) in [5.41, 5.74) is 0.263. The zero-order valence-corrected chi connectivity index (χ0v) is 20.7. The van der Waals surface area contributed by atoms with Gasteiger partial charge >= 0.3 is 12.1 Å². The Morgan fingerprint density at radius 1 is 1.24 bits per heavy atom.